The summed E-state index contributed by atoms with van der Waals surface area (Å²) in [6.45, 7) is 5.70. The number of fused-ring (bicyclic) bond motifs is 1. The summed E-state index contributed by atoms with van der Waals surface area (Å²) in [7, 11) is 1.77. The number of hydrogen-bond acceptors (Lipinski definition) is 7. The van der Waals surface area contributed by atoms with Crippen molar-refractivity contribution in [1.82, 2.24) is 9.80 Å². The second-order valence-corrected chi connectivity index (χ2v) is 7.78. The van der Waals surface area contributed by atoms with Crippen LogP contribution in [-0.2, 0) is 4.79 Å². The molecule has 0 radical (unpaired) electrons. The Morgan fingerprint density at radius 2 is 2.16 bits per heavy atom. The number of nitrogens with zero attached hydrogens (tertiary/aromatic N) is 3. The molecule has 2 aliphatic heterocycles. The molecule has 1 N–H and O–H groups in total. The third-order valence-electron chi connectivity index (χ3n) is 5.68. The highest BCUT2D eigenvalue weighted by Gasteiger charge is 2.28. The normalized spacial score (nSPS) is 18.6. The number of β-amino-alcohol motifs (C(OH)–C–C–N with tert-alkyl or cyclic N) is 1. The van der Waals surface area contributed by atoms with Gasteiger partial charge < -0.3 is 24.2 Å². The van der Waals surface area contributed by atoms with Crippen molar-refractivity contribution in [2.45, 2.75) is 18.6 Å². The number of likely N-dealkylation sites (N-methyl/N-ethyl adjacent to an activating group) is 1. The monoisotopic (exact) mass is 425 g/mol. The van der Waals surface area contributed by atoms with Crippen molar-refractivity contribution >= 4 is 18.3 Å². The standard InChI is InChI=1S/C23H27N3O5/c1-24-17-5-3-4-16(10-17)20(13-26-9-8-18(27)12-26)25(2)23(28)14-29-19-6-7-21-22(11-19)31-15-30-21/h3-7,10-11,18,20,27H,1,8-9,12-15H2,2H3/t18-,20?/m0/s1. The van der Waals surface area contributed by atoms with Gasteiger partial charge in [-0.3, -0.25) is 14.7 Å². The fourth-order valence-electron chi connectivity index (χ4n) is 3.89. The molecule has 2 heterocycles. The minimum atomic E-state index is -0.322. The molecular formula is C23H27N3O5. The number of carbonyl (C=O) groups excluding carboxylic acids is 1. The van der Waals surface area contributed by atoms with E-state index in [-0.39, 0.29) is 31.5 Å². The fraction of sp³-hybridized carbons (Fsp3) is 0.391. The van der Waals surface area contributed by atoms with E-state index in [0.29, 0.717) is 30.3 Å². The molecule has 2 aliphatic rings. The first-order valence-corrected chi connectivity index (χ1v) is 10.3. The van der Waals surface area contributed by atoms with Crippen molar-refractivity contribution in [2.24, 2.45) is 4.99 Å². The van der Waals surface area contributed by atoms with Crippen molar-refractivity contribution in [3.05, 3.63) is 48.0 Å². The zero-order chi connectivity index (χ0) is 21.8. The number of amides is 1. The van der Waals surface area contributed by atoms with Crippen LogP contribution in [-0.4, -0.2) is 73.7 Å². The molecule has 164 valence electrons. The molecule has 31 heavy (non-hydrogen) atoms. The average molecular weight is 425 g/mol. The maximum Gasteiger partial charge on any atom is 0.260 e. The third kappa shape index (κ3) is 4.98. The number of aliphatic hydroxyl groups is 1. The van der Waals surface area contributed by atoms with E-state index in [2.05, 4.69) is 16.6 Å². The predicted molar refractivity (Wildman–Crippen MR) is 116 cm³/mol. The van der Waals surface area contributed by atoms with Crippen LogP contribution in [0.15, 0.2) is 47.5 Å². The lowest BCUT2D eigenvalue weighted by Crippen LogP contribution is -2.40. The molecule has 1 unspecified atom stereocenters. The quantitative estimate of drug-likeness (QED) is 0.654. The second-order valence-electron chi connectivity index (χ2n) is 7.78. The van der Waals surface area contributed by atoms with Crippen LogP contribution in [0.4, 0.5) is 5.69 Å². The summed E-state index contributed by atoms with van der Waals surface area (Å²) in [6.07, 6.45) is 0.420. The summed E-state index contributed by atoms with van der Waals surface area (Å²) in [4.78, 5) is 20.9. The Balaban J connectivity index is 1.46. The molecule has 1 fully saturated rings. The highest BCUT2D eigenvalue weighted by molar-refractivity contribution is 5.78. The first-order chi connectivity index (χ1) is 15.0. The molecule has 2 aromatic carbocycles. The van der Waals surface area contributed by atoms with E-state index in [1.807, 2.05) is 24.3 Å². The Bertz CT molecular complexity index is 951. The Morgan fingerprint density at radius 1 is 1.32 bits per heavy atom. The van der Waals surface area contributed by atoms with Gasteiger partial charge in [0.2, 0.25) is 6.79 Å². The molecule has 1 saturated heterocycles. The zero-order valence-electron chi connectivity index (χ0n) is 17.6. The average Bonchev–Trinajstić information content (AvgIpc) is 3.43. The lowest BCUT2D eigenvalue weighted by atomic mass is 10.0. The molecular weight excluding hydrogens is 398 g/mol. The molecule has 0 aromatic heterocycles. The molecule has 8 heteroatoms. The van der Waals surface area contributed by atoms with Gasteiger partial charge >= 0.3 is 0 Å². The molecule has 0 aliphatic carbocycles. The number of aliphatic imine (C=N–C) groups is 1. The van der Waals surface area contributed by atoms with Crippen LogP contribution < -0.4 is 14.2 Å². The molecule has 2 atom stereocenters. The van der Waals surface area contributed by atoms with Gasteiger partial charge in [0.15, 0.2) is 18.1 Å². The number of likely N-dealkylation sites (tertiary alicyclic amines) is 1. The van der Waals surface area contributed by atoms with Crippen molar-refractivity contribution in [2.75, 3.05) is 40.1 Å². The lowest BCUT2D eigenvalue weighted by molar-refractivity contribution is -0.134. The molecule has 2 aromatic rings. The van der Waals surface area contributed by atoms with Gasteiger partial charge in [0.25, 0.3) is 5.91 Å². The minimum absolute atomic E-state index is 0.103. The number of aliphatic hydroxyl groups excluding tert-OH is 1. The molecule has 4 rings (SSSR count). The van der Waals surface area contributed by atoms with Crippen LogP contribution in [0.25, 0.3) is 0 Å². The SMILES string of the molecule is C=Nc1cccc(C(CN2CC[C@H](O)C2)N(C)C(=O)COc2ccc3c(c2)OCO3)c1. The van der Waals surface area contributed by atoms with E-state index in [0.717, 1.165) is 24.2 Å². The Hall–Kier alpha value is -3.10. The maximum atomic E-state index is 13.0. The van der Waals surface area contributed by atoms with Gasteiger partial charge in [-0.05, 0) is 43.0 Å². The van der Waals surface area contributed by atoms with Crippen molar-refractivity contribution in [3.8, 4) is 17.2 Å². The van der Waals surface area contributed by atoms with E-state index in [9.17, 15) is 9.90 Å². The number of benzene rings is 2. The fourth-order valence-corrected chi connectivity index (χ4v) is 3.89. The highest BCUT2D eigenvalue weighted by atomic mass is 16.7. The first-order valence-electron chi connectivity index (χ1n) is 10.3. The van der Waals surface area contributed by atoms with Crippen molar-refractivity contribution < 1.29 is 24.1 Å². The molecule has 0 bridgehead atoms. The number of rotatable bonds is 8. The van der Waals surface area contributed by atoms with E-state index >= 15 is 0 Å². The maximum absolute atomic E-state index is 13.0. The van der Waals surface area contributed by atoms with E-state index in [1.54, 1.807) is 30.1 Å². The van der Waals surface area contributed by atoms with Gasteiger partial charge in [0.1, 0.15) is 5.75 Å². The van der Waals surface area contributed by atoms with Crippen molar-refractivity contribution in [3.63, 3.8) is 0 Å². The van der Waals surface area contributed by atoms with Crippen LogP contribution in [0.1, 0.15) is 18.0 Å². The van der Waals surface area contributed by atoms with Gasteiger partial charge in [-0.1, -0.05) is 12.1 Å². The minimum Gasteiger partial charge on any atom is -0.484 e. The number of ether oxygens (including phenoxy) is 3. The molecule has 1 amide bonds. The van der Waals surface area contributed by atoms with Crippen LogP contribution in [0.3, 0.4) is 0 Å². The van der Waals surface area contributed by atoms with E-state index in [1.165, 1.54) is 0 Å². The second kappa shape index (κ2) is 9.36. The zero-order valence-corrected chi connectivity index (χ0v) is 17.6. The van der Waals surface area contributed by atoms with E-state index in [4.69, 9.17) is 14.2 Å². The van der Waals surface area contributed by atoms with Crippen LogP contribution in [0, 0.1) is 0 Å². The largest absolute Gasteiger partial charge is 0.484 e. The Morgan fingerprint density at radius 3 is 2.94 bits per heavy atom. The van der Waals surface area contributed by atoms with Gasteiger partial charge in [0, 0.05) is 32.7 Å². The molecule has 0 saturated carbocycles. The summed E-state index contributed by atoms with van der Waals surface area (Å²) >= 11 is 0. The Labute approximate surface area is 181 Å². The van der Waals surface area contributed by atoms with Gasteiger partial charge in [0.05, 0.1) is 17.8 Å². The van der Waals surface area contributed by atoms with Gasteiger partial charge in [-0.2, -0.15) is 0 Å². The number of hydrogen-bond donors (Lipinski definition) is 1. The van der Waals surface area contributed by atoms with Gasteiger partial charge in [-0.15, -0.1) is 0 Å². The van der Waals surface area contributed by atoms with E-state index < -0.39 is 0 Å². The lowest BCUT2D eigenvalue weighted by Gasteiger charge is -2.32. The van der Waals surface area contributed by atoms with Crippen LogP contribution in [0.5, 0.6) is 17.2 Å². The summed E-state index contributed by atoms with van der Waals surface area (Å²) in [5, 5.41) is 9.91. The molecule has 0 spiro atoms. The molecule has 8 nitrogen and oxygen atoms in total. The third-order valence-corrected chi connectivity index (χ3v) is 5.68. The van der Waals surface area contributed by atoms with Crippen molar-refractivity contribution in [1.29, 1.82) is 0 Å². The predicted octanol–water partition coefficient (Wildman–Crippen LogP) is 2.39. The summed E-state index contributed by atoms with van der Waals surface area (Å²) in [6, 6.07) is 12.7. The van der Waals surface area contributed by atoms with Crippen LogP contribution in [0.2, 0.25) is 0 Å². The van der Waals surface area contributed by atoms with Gasteiger partial charge in [-0.25, -0.2) is 0 Å². The van der Waals surface area contributed by atoms with Crippen LogP contribution >= 0.6 is 0 Å². The topological polar surface area (TPSA) is 83.8 Å². The number of carbonyl (C=O) groups is 1. The Kier molecular flexibility index (Phi) is 6.39. The summed E-state index contributed by atoms with van der Waals surface area (Å²) in [5.41, 5.74) is 1.71. The highest BCUT2D eigenvalue weighted by Crippen LogP contribution is 2.35. The summed E-state index contributed by atoms with van der Waals surface area (Å²) < 4.78 is 16.4. The first kappa shape index (κ1) is 21.1. The smallest absolute Gasteiger partial charge is 0.260 e. The summed E-state index contributed by atoms with van der Waals surface area (Å²) in [5.74, 6) is 1.67.